The van der Waals surface area contributed by atoms with Gasteiger partial charge in [-0.3, -0.25) is 19.8 Å². The summed E-state index contributed by atoms with van der Waals surface area (Å²) >= 11 is 3.07. The van der Waals surface area contributed by atoms with E-state index in [9.17, 15) is 14.4 Å². The second-order valence-electron chi connectivity index (χ2n) is 4.04. The number of nitrogens with one attached hydrogen (secondary N) is 1. The van der Waals surface area contributed by atoms with Crippen LogP contribution in [0.25, 0.3) is 0 Å². The molecule has 0 atom stereocenters. The quantitative estimate of drug-likeness (QED) is 0.851. The fourth-order valence-electron chi connectivity index (χ4n) is 1.88. The van der Waals surface area contributed by atoms with Gasteiger partial charge >= 0.3 is 5.91 Å². The lowest BCUT2D eigenvalue weighted by atomic mass is 10.1. The van der Waals surface area contributed by atoms with Crippen molar-refractivity contribution in [1.29, 1.82) is 0 Å². The molecule has 2 aromatic rings. The summed E-state index contributed by atoms with van der Waals surface area (Å²) in [5, 5.41) is 0.684. The van der Waals surface area contributed by atoms with Gasteiger partial charge in [0.15, 0.2) is 10.4 Å². The molecule has 0 aliphatic carbocycles. The molecule has 0 saturated heterocycles. The number of benzene rings is 1. The molecule has 0 fully saturated rings. The molecular weight excluding hydrogens is 328 g/mol. The molecule has 0 radical (unpaired) electrons. The van der Waals surface area contributed by atoms with E-state index in [4.69, 9.17) is 4.42 Å². The van der Waals surface area contributed by atoms with Crippen LogP contribution in [0.2, 0.25) is 0 Å². The highest BCUT2D eigenvalue weighted by molar-refractivity contribution is 9.10. The molecule has 0 spiro atoms. The number of hydrazine groups is 1. The molecule has 0 bridgehead atoms. The van der Waals surface area contributed by atoms with Crippen LogP contribution in [-0.4, -0.2) is 22.7 Å². The minimum Gasteiger partial charge on any atom is -0.444 e. The van der Waals surface area contributed by atoms with Gasteiger partial charge in [0.05, 0.1) is 11.1 Å². The Kier molecular flexibility index (Phi) is 2.90. The Morgan fingerprint density at radius 3 is 2.15 bits per heavy atom. The molecule has 3 rings (SSSR count). The fraction of sp³-hybridized carbons (Fsp3) is 0. The minimum absolute atomic E-state index is 0.00608. The fourth-order valence-corrected chi connectivity index (χ4v) is 2.19. The van der Waals surface area contributed by atoms with Crippen molar-refractivity contribution in [1.82, 2.24) is 10.4 Å². The second-order valence-corrected chi connectivity index (χ2v) is 4.82. The number of fused-ring (bicyclic) bond motifs is 1. The maximum absolute atomic E-state index is 12.0. The minimum atomic E-state index is -0.676. The normalized spacial score (nSPS) is 13.6. The van der Waals surface area contributed by atoms with E-state index in [1.165, 1.54) is 24.3 Å². The average molecular weight is 335 g/mol. The molecule has 2 heterocycles. The van der Waals surface area contributed by atoms with E-state index in [-0.39, 0.29) is 16.9 Å². The number of hydrogen-bond acceptors (Lipinski definition) is 4. The van der Waals surface area contributed by atoms with Crippen LogP contribution in [0.5, 0.6) is 0 Å². The van der Waals surface area contributed by atoms with Gasteiger partial charge in [-0.1, -0.05) is 12.1 Å². The zero-order valence-electron chi connectivity index (χ0n) is 9.92. The van der Waals surface area contributed by atoms with E-state index in [1.807, 2.05) is 0 Å². The topological polar surface area (TPSA) is 79.6 Å². The third-order valence-corrected chi connectivity index (χ3v) is 3.23. The summed E-state index contributed by atoms with van der Waals surface area (Å²) in [4.78, 5) is 35.9. The third-order valence-electron chi connectivity index (χ3n) is 2.80. The summed E-state index contributed by atoms with van der Waals surface area (Å²) < 4.78 is 5.44. The van der Waals surface area contributed by atoms with Gasteiger partial charge in [0.25, 0.3) is 11.8 Å². The Hall–Kier alpha value is -2.41. The maximum atomic E-state index is 12.0. The largest absolute Gasteiger partial charge is 0.444 e. The van der Waals surface area contributed by atoms with Crippen molar-refractivity contribution < 1.29 is 18.8 Å². The van der Waals surface area contributed by atoms with Crippen molar-refractivity contribution in [3.63, 3.8) is 0 Å². The first-order valence-corrected chi connectivity index (χ1v) is 6.41. The highest BCUT2D eigenvalue weighted by Gasteiger charge is 2.36. The predicted molar refractivity (Wildman–Crippen MR) is 70.8 cm³/mol. The van der Waals surface area contributed by atoms with Crippen LogP contribution >= 0.6 is 15.9 Å². The first kappa shape index (κ1) is 12.6. The zero-order valence-corrected chi connectivity index (χ0v) is 11.5. The summed E-state index contributed by atoms with van der Waals surface area (Å²) in [6.45, 7) is 0. The van der Waals surface area contributed by atoms with Gasteiger partial charge in [0, 0.05) is 0 Å². The number of rotatable bonds is 2. The Balaban J connectivity index is 1.85. The number of imide groups is 1. The molecule has 0 unspecified atom stereocenters. The number of furan rings is 1. The lowest BCUT2D eigenvalue weighted by Crippen LogP contribution is -2.45. The molecule has 20 heavy (non-hydrogen) atoms. The number of halogens is 1. The maximum Gasteiger partial charge on any atom is 0.306 e. The Morgan fingerprint density at radius 1 is 1.05 bits per heavy atom. The smallest absolute Gasteiger partial charge is 0.306 e. The summed E-state index contributed by atoms with van der Waals surface area (Å²) in [7, 11) is 0. The summed E-state index contributed by atoms with van der Waals surface area (Å²) in [5.74, 6) is -1.81. The van der Waals surface area contributed by atoms with Gasteiger partial charge in [0.2, 0.25) is 0 Å². The average Bonchev–Trinajstić information content (AvgIpc) is 2.98. The van der Waals surface area contributed by atoms with E-state index >= 15 is 0 Å². The molecule has 3 amide bonds. The van der Waals surface area contributed by atoms with E-state index in [1.54, 1.807) is 12.1 Å². The van der Waals surface area contributed by atoms with Crippen LogP contribution in [0.4, 0.5) is 0 Å². The Labute approximate surface area is 121 Å². The van der Waals surface area contributed by atoms with Crippen molar-refractivity contribution in [2.24, 2.45) is 0 Å². The molecule has 1 aromatic carbocycles. The van der Waals surface area contributed by atoms with Gasteiger partial charge in [-0.05, 0) is 40.2 Å². The van der Waals surface area contributed by atoms with Crippen LogP contribution in [0.1, 0.15) is 31.3 Å². The standard InChI is InChI=1S/C13H7BrN2O4/c14-10-6-5-9(20-10)11(17)15-16-12(18)7-3-1-2-4-8(7)13(16)19/h1-6H,(H,15,17). The summed E-state index contributed by atoms with van der Waals surface area (Å²) in [6.07, 6.45) is 0. The summed E-state index contributed by atoms with van der Waals surface area (Å²) in [6, 6.07) is 9.34. The molecule has 1 N–H and O–H groups in total. The monoisotopic (exact) mass is 334 g/mol. The molecule has 1 aromatic heterocycles. The van der Waals surface area contributed by atoms with Crippen molar-refractivity contribution in [3.05, 3.63) is 58.0 Å². The summed E-state index contributed by atoms with van der Waals surface area (Å²) in [5.41, 5.74) is 2.76. The van der Waals surface area contributed by atoms with Crippen molar-refractivity contribution in [3.8, 4) is 0 Å². The SMILES string of the molecule is O=C(NN1C(=O)c2ccccc2C1=O)c1ccc(Br)o1. The van der Waals surface area contributed by atoms with Gasteiger partial charge < -0.3 is 4.42 Å². The van der Waals surface area contributed by atoms with Gasteiger partial charge in [-0.15, -0.1) is 0 Å². The van der Waals surface area contributed by atoms with Crippen LogP contribution in [0, 0.1) is 0 Å². The number of nitrogens with zero attached hydrogens (tertiary/aromatic N) is 1. The van der Waals surface area contributed by atoms with Crippen molar-refractivity contribution in [2.75, 3.05) is 0 Å². The van der Waals surface area contributed by atoms with Crippen molar-refractivity contribution >= 4 is 33.7 Å². The number of carbonyl (C=O) groups excluding carboxylic acids is 3. The number of carbonyl (C=O) groups is 3. The predicted octanol–water partition coefficient (Wildman–Crippen LogP) is 1.98. The molecule has 1 aliphatic rings. The van der Waals surface area contributed by atoms with E-state index in [0.29, 0.717) is 9.68 Å². The Morgan fingerprint density at radius 2 is 1.65 bits per heavy atom. The molecule has 6 nitrogen and oxygen atoms in total. The van der Waals surface area contributed by atoms with Crippen LogP contribution in [-0.2, 0) is 0 Å². The van der Waals surface area contributed by atoms with Gasteiger partial charge in [-0.2, -0.15) is 5.01 Å². The molecular formula is C13H7BrN2O4. The highest BCUT2D eigenvalue weighted by Crippen LogP contribution is 2.21. The second kappa shape index (κ2) is 4.61. The van der Waals surface area contributed by atoms with E-state index in [2.05, 4.69) is 21.4 Å². The lowest BCUT2D eigenvalue weighted by Gasteiger charge is -2.13. The van der Waals surface area contributed by atoms with Crippen molar-refractivity contribution in [2.45, 2.75) is 0 Å². The number of amides is 3. The lowest BCUT2D eigenvalue weighted by molar-refractivity contribution is 0.0510. The first-order chi connectivity index (χ1) is 9.58. The van der Waals surface area contributed by atoms with Crippen LogP contribution in [0.15, 0.2) is 45.5 Å². The van der Waals surface area contributed by atoms with E-state index in [0.717, 1.165) is 0 Å². The Bertz CT molecular complexity index is 702. The first-order valence-electron chi connectivity index (χ1n) is 5.62. The van der Waals surface area contributed by atoms with E-state index < -0.39 is 17.7 Å². The zero-order chi connectivity index (χ0) is 14.3. The molecule has 100 valence electrons. The van der Waals surface area contributed by atoms with Crippen LogP contribution < -0.4 is 5.43 Å². The number of hydrogen-bond donors (Lipinski definition) is 1. The third kappa shape index (κ3) is 1.92. The molecule has 7 heteroatoms. The van der Waals surface area contributed by atoms with Gasteiger partial charge in [0.1, 0.15) is 0 Å². The van der Waals surface area contributed by atoms with Gasteiger partial charge in [-0.25, -0.2) is 0 Å². The van der Waals surface area contributed by atoms with Crippen LogP contribution in [0.3, 0.4) is 0 Å². The highest BCUT2D eigenvalue weighted by atomic mass is 79.9. The molecule has 0 saturated carbocycles. The molecule has 1 aliphatic heterocycles.